The number of aliphatic hydroxyl groups excluding tert-OH is 6. The fourth-order valence-electron chi connectivity index (χ4n) is 9.48. The Hall–Kier alpha value is -4.73. The van der Waals surface area contributed by atoms with Crippen LogP contribution in [0.25, 0.3) is 0 Å². The Bertz CT molecular complexity index is 2660. The van der Waals surface area contributed by atoms with Crippen molar-refractivity contribution in [3.8, 4) is 0 Å². The van der Waals surface area contributed by atoms with Gasteiger partial charge >= 0.3 is 5.97 Å². The van der Waals surface area contributed by atoms with E-state index in [1.165, 1.54) is 6.07 Å². The Morgan fingerprint density at radius 2 is 1.45 bits per heavy atom. The fraction of sp³-hybridized carbons (Fsp3) is 0.521. The van der Waals surface area contributed by atoms with E-state index in [0.29, 0.717) is 37.2 Å². The quantitative estimate of drug-likeness (QED) is 0.0388. The summed E-state index contributed by atoms with van der Waals surface area (Å²) in [5.74, 6) is -3.50. The van der Waals surface area contributed by atoms with Gasteiger partial charge < -0.3 is 69.3 Å². The predicted molar refractivity (Wildman–Crippen MR) is 254 cm³/mol. The molecule has 8 N–H and O–H groups in total. The minimum Gasteiger partial charge on any atom is -0.748 e. The van der Waals surface area contributed by atoms with Crippen LogP contribution in [0.3, 0.4) is 0 Å². The molecule has 10 atom stereocenters. The number of aliphatic carboxylic acids is 1. The molecule has 0 aliphatic carbocycles. The van der Waals surface area contributed by atoms with E-state index in [1.807, 2.05) is 79.5 Å². The highest BCUT2D eigenvalue weighted by Crippen LogP contribution is 2.48. The number of carboxylic acid groups (broad SMARTS) is 1. The van der Waals surface area contributed by atoms with Crippen LogP contribution in [-0.4, -0.2) is 176 Å². The summed E-state index contributed by atoms with van der Waals surface area (Å²) >= 11 is 0. The van der Waals surface area contributed by atoms with Crippen LogP contribution in [-0.2, 0) is 50.1 Å². The van der Waals surface area contributed by atoms with Gasteiger partial charge in [-0.15, -0.1) is 0 Å². The van der Waals surface area contributed by atoms with Crippen molar-refractivity contribution in [1.29, 1.82) is 0 Å². The highest BCUT2D eigenvalue weighted by Gasteiger charge is 2.53. The third-order valence-electron chi connectivity index (χ3n) is 13.2. The lowest BCUT2D eigenvalue weighted by atomic mass is 9.81. The van der Waals surface area contributed by atoms with Gasteiger partial charge in [0.1, 0.15) is 49.2 Å². The second kappa shape index (κ2) is 22.6. The number of carbonyl (C=O) groups excluding carboxylic acids is 1. The first kappa shape index (κ1) is 55.6. The molecule has 10 unspecified atom stereocenters. The normalized spacial score (nSPS) is 29.1. The molecular formula is C48H62N3O18S2-. The minimum absolute atomic E-state index is 0.0595. The van der Waals surface area contributed by atoms with E-state index in [-0.39, 0.29) is 23.8 Å². The van der Waals surface area contributed by atoms with Crippen LogP contribution in [0, 0.1) is 0 Å². The smallest absolute Gasteiger partial charge is 0.335 e. The Kier molecular flexibility index (Phi) is 17.7. The molecule has 0 aromatic heterocycles. The number of carboxylic acids is 1. The standard InChI is InChI=1S/C48H63N3O18S2/c1-47(2)29-16-10-11-17-31(29)50(22-12-14-24-70(61,62)63)34(47)18-8-6-5-7-9-19-35-48(3,4)30-26-28(20-21-32(30)51(35)23-13-15-25-71(64,65)66)43(57)49-36-41(37(53)33(27-52)67-45(36)60)68-46-40(56)38(54)39(55)42(69-46)44(58)59/h5-11,16-21,26,33,36-42,45-46,52-56,60H,12-15,22-25,27H2,1-4H3,(H3-,49,57,58,59,61,62,63,64,65,66)/p-1. The van der Waals surface area contributed by atoms with Gasteiger partial charge in [-0.05, 0) is 62.9 Å². The number of nitrogens with zero attached hydrogens (tertiary/aromatic N) is 2. The van der Waals surface area contributed by atoms with Crippen LogP contribution in [0.2, 0.25) is 0 Å². The molecule has 4 aliphatic rings. The molecule has 23 heteroatoms. The van der Waals surface area contributed by atoms with Crippen LogP contribution in [0.1, 0.15) is 74.9 Å². The van der Waals surface area contributed by atoms with Crippen molar-refractivity contribution in [2.45, 2.75) is 126 Å². The van der Waals surface area contributed by atoms with Gasteiger partial charge in [0.25, 0.3) is 5.91 Å². The summed E-state index contributed by atoms with van der Waals surface area (Å²) in [4.78, 5) is 27.7. The van der Waals surface area contributed by atoms with Gasteiger partial charge in [-0.3, -0.25) is 4.79 Å². The number of hydrogen-bond acceptors (Lipinski definition) is 18. The molecule has 4 heterocycles. The number of carbonyl (C=O) groups is 2. The second-order valence-corrected chi connectivity index (χ2v) is 21.9. The number of rotatable bonds is 20. The number of allylic oxidation sites excluding steroid dienone is 8. The fourth-order valence-corrected chi connectivity index (χ4v) is 10.6. The topological polar surface area (TPSA) is 336 Å². The molecule has 1 amide bonds. The van der Waals surface area contributed by atoms with Crippen molar-refractivity contribution in [3.63, 3.8) is 0 Å². The molecule has 6 rings (SSSR count). The lowest BCUT2D eigenvalue weighted by molar-refractivity contribution is -0.438. The average Bonchev–Trinajstić information content (AvgIpc) is 3.64. The first-order valence-corrected chi connectivity index (χ1v) is 26.2. The number of nitrogens with one attached hydrogen (secondary N) is 1. The maximum absolute atomic E-state index is 14.0. The van der Waals surface area contributed by atoms with E-state index in [4.69, 9.17) is 14.2 Å². The molecule has 2 aromatic rings. The summed E-state index contributed by atoms with van der Waals surface area (Å²) in [6.07, 6.45) is -3.08. The summed E-state index contributed by atoms with van der Waals surface area (Å²) in [6.45, 7) is 8.01. The molecule has 0 saturated carbocycles. The van der Waals surface area contributed by atoms with Crippen molar-refractivity contribution in [2.24, 2.45) is 0 Å². The SMILES string of the molecule is CC1(C)C(/C=C/C=C/C=C/C=C2/N(CCCCS(=O)(=O)[O-])c3ccc(C(=O)NC4C(O)OC(CO)C(O)C4OC4OC(C(=O)O)C(O)C(O)C4O)cc3C2(C)C)=[N+](CCCCS(=O)(=O)[O-])c2ccccc21. The van der Waals surface area contributed by atoms with Crippen molar-refractivity contribution in [2.75, 3.05) is 36.1 Å². The number of aliphatic hydroxyl groups is 6. The van der Waals surface area contributed by atoms with Gasteiger partial charge in [0.2, 0.25) is 5.69 Å². The number of ether oxygens (including phenoxy) is 3. The molecule has 21 nitrogen and oxygen atoms in total. The lowest BCUT2D eigenvalue weighted by Crippen LogP contribution is -2.68. The highest BCUT2D eigenvalue weighted by molar-refractivity contribution is 7.85. The zero-order valence-corrected chi connectivity index (χ0v) is 41.2. The molecule has 4 aliphatic heterocycles. The molecule has 2 saturated heterocycles. The summed E-state index contributed by atoms with van der Waals surface area (Å²) in [7, 11) is -8.78. The maximum atomic E-state index is 14.0. The molecule has 2 fully saturated rings. The maximum Gasteiger partial charge on any atom is 0.335 e. The first-order valence-electron chi connectivity index (χ1n) is 23.1. The van der Waals surface area contributed by atoms with Crippen LogP contribution >= 0.6 is 0 Å². The average molecular weight is 1030 g/mol. The number of amides is 1. The van der Waals surface area contributed by atoms with E-state index in [2.05, 4.69) is 29.8 Å². The van der Waals surface area contributed by atoms with Crippen LogP contribution in [0.15, 0.2) is 90.7 Å². The van der Waals surface area contributed by atoms with E-state index >= 15 is 0 Å². The number of benzene rings is 2. The number of unbranched alkanes of at least 4 members (excludes halogenated alkanes) is 2. The van der Waals surface area contributed by atoms with Crippen molar-refractivity contribution in [1.82, 2.24) is 5.32 Å². The molecule has 71 heavy (non-hydrogen) atoms. The molecule has 0 radical (unpaired) electrons. The second-order valence-electron chi connectivity index (χ2n) is 18.9. The van der Waals surface area contributed by atoms with Crippen LogP contribution < -0.4 is 10.2 Å². The van der Waals surface area contributed by atoms with E-state index < -0.39 is 117 Å². The van der Waals surface area contributed by atoms with Gasteiger partial charge in [0.15, 0.2) is 24.4 Å². The third-order valence-corrected chi connectivity index (χ3v) is 14.8. The summed E-state index contributed by atoms with van der Waals surface area (Å²) in [6, 6.07) is 11.1. The minimum atomic E-state index is -4.46. The Morgan fingerprint density at radius 3 is 2.11 bits per heavy atom. The zero-order valence-electron chi connectivity index (χ0n) is 39.6. The van der Waals surface area contributed by atoms with Crippen molar-refractivity contribution in [3.05, 3.63) is 107 Å². The molecule has 0 spiro atoms. The lowest BCUT2D eigenvalue weighted by Gasteiger charge is -2.46. The Morgan fingerprint density at radius 1 is 0.803 bits per heavy atom. The number of para-hydroxylation sites is 1. The molecule has 390 valence electrons. The zero-order chi connectivity index (χ0) is 52.2. The van der Waals surface area contributed by atoms with Gasteiger partial charge in [-0.25, -0.2) is 21.6 Å². The van der Waals surface area contributed by atoms with Gasteiger partial charge in [-0.1, -0.05) is 62.4 Å². The van der Waals surface area contributed by atoms with Gasteiger partial charge in [0.05, 0.1) is 32.3 Å². The van der Waals surface area contributed by atoms with Gasteiger partial charge in [0, 0.05) is 64.5 Å². The van der Waals surface area contributed by atoms with Gasteiger partial charge in [-0.2, -0.15) is 4.58 Å². The first-order chi connectivity index (χ1) is 33.3. The monoisotopic (exact) mass is 1030 g/mol. The number of anilines is 1. The summed E-state index contributed by atoms with van der Waals surface area (Å²) < 4.78 is 86.3. The molecule has 0 bridgehead atoms. The van der Waals surface area contributed by atoms with E-state index in [0.717, 1.165) is 22.7 Å². The van der Waals surface area contributed by atoms with Crippen molar-refractivity contribution >= 4 is 49.2 Å². The predicted octanol–water partition coefficient (Wildman–Crippen LogP) is 0.510. The Balaban J connectivity index is 1.23. The van der Waals surface area contributed by atoms with Crippen LogP contribution in [0.5, 0.6) is 0 Å². The third kappa shape index (κ3) is 12.7. The largest absolute Gasteiger partial charge is 0.748 e. The molecular weight excluding hydrogens is 971 g/mol. The Labute approximate surface area is 412 Å². The summed E-state index contributed by atoms with van der Waals surface area (Å²) in [5.41, 5.74) is 4.11. The van der Waals surface area contributed by atoms with E-state index in [1.54, 1.807) is 12.1 Å². The number of fused-ring (bicyclic) bond motifs is 2. The van der Waals surface area contributed by atoms with Crippen LogP contribution in [0.4, 0.5) is 11.4 Å². The van der Waals surface area contributed by atoms with E-state index in [9.17, 15) is 71.3 Å². The summed E-state index contributed by atoms with van der Waals surface area (Å²) in [5, 5.41) is 75.3. The molecule has 2 aromatic carbocycles. The highest BCUT2D eigenvalue weighted by atomic mass is 32.2. The van der Waals surface area contributed by atoms with Crippen molar-refractivity contribution < 1.29 is 90.1 Å². The number of hydrogen-bond donors (Lipinski definition) is 8.